The lowest BCUT2D eigenvalue weighted by molar-refractivity contribution is -0.128. The van der Waals surface area contributed by atoms with E-state index in [9.17, 15) is 4.79 Å². The van der Waals surface area contributed by atoms with Crippen LogP contribution in [0.4, 0.5) is 0 Å². The van der Waals surface area contributed by atoms with Gasteiger partial charge in [-0.2, -0.15) is 0 Å². The molecule has 1 amide bonds. The van der Waals surface area contributed by atoms with Crippen molar-refractivity contribution in [3.8, 4) is 0 Å². The van der Waals surface area contributed by atoms with E-state index in [2.05, 4.69) is 44.8 Å². The maximum Gasteiger partial charge on any atom is 0.222 e. The minimum absolute atomic E-state index is 0.274. The molecule has 3 heterocycles. The second-order valence-electron chi connectivity index (χ2n) is 9.11. The highest BCUT2D eigenvalue weighted by Crippen LogP contribution is 2.18. The summed E-state index contributed by atoms with van der Waals surface area (Å²) in [6.07, 6.45) is 5.18. The van der Waals surface area contributed by atoms with Gasteiger partial charge >= 0.3 is 0 Å². The van der Waals surface area contributed by atoms with Crippen molar-refractivity contribution in [1.29, 1.82) is 0 Å². The third-order valence-corrected chi connectivity index (χ3v) is 6.69. The number of carbonyl (C=O) groups excluding carboxylic acids is 1. The number of piperidine rings is 1. The van der Waals surface area contributed by atoms with Crippen LogP contribution < -0.4 is 10.6 Å². The third-order valence-electron chi connectivity index (χ3n) is 6.69. The van der Waals surface area contributed by atoms with Crippen molar-refractivity contribution in [3.63, 3.8) is 0 Å². The van der Waals surface area contributed by atoms with Crippen LogP contribution in [0.15, 0.2) is 29.3 Å². The molecule has 0 aliphatic carbocycles. The highest BCUT2D eigenvalue weighted by Gasteiger charge is 2.24. The van der Waals surface area contributed by atoms with Crippen LogP contribution in [0.5, 0.6) is 0 Å². The molecule has 0 radical (unpaired) electrons. The van der Waals surface area contributed by atoms with Gasteiger partial charge in [-0.3, -0.25) is 9.79 Å². The van der Waals surface area contributed by atoms with Gasteiger partial charge in [0.05, 0.1) is 6.61 Å². The molecule has 1 unspecified atom stereocenters. The van der Waals surface area contributed by atoms with Crippen LogP contribution in [0.3, 0.4) is 0 Å². The van der Waals surface area contributed by atoms with Crippen LogP contribution in [0.25, 0.3) is 0 Å². The molecule has 7 nitrogen and oxygen atoms in total. The number of nitrogens with zero attached hydrogens (tertiary/aromatic N) is 3. The van der Waals surface area contributed by atoms with Gasteiger partial charge in [-0.1, -0.05) is 24.3 Å². The summed E-state index contributed by atoms with van der Waals surface area (Å²) in [7, 11) is 1.83. The van der Waals surface area contributed by atoms with Crippen molar-refractivity contribution in [2.24, 2.45) is 10.9 Å². The zero-order valence-electron chi connectivity index (χ0n) is 18.8. The number of hydrogen-bond acceptors (Lipinski definition) is 4. The molecule has 0 saturated carbocycles. The van der Waals surface area contributed by atoms with E-state index in [1.807, 2.05) is 11.9 Å². The number of likely N-dealkylation sites (tertiary alicyclic amines) is 2. The minimum Gasteiger partial charge on any atom is -0.381 e. The van der Waals surface area contributed by atoms with E-state index in [-0.39, 0.29) is 5.91 Å². The van der Waals surface area contributed by atoms with Crippen molar-refractivity contribution < 1.29 is 9.53 Å². The summed E-state index contributed by atoms with van der Waals surface area (Å²) in [5.74, 6) is 1.86. The average Bonchev–Trinajstić information content (AvgIpc) is 3.44. The monoisotopic (exact) mass is 427 g/mol. The van der Waals surface area contributed by atoms with E-state index in [1.54, 1.807) is 0 Å². The molecule has 3 fully saturated rings. The molecule has 3 saturated heterocycles. The number of amides is 1. The summed E-state index contributed by atoms with van der Waals surface area (Å²) in [4.78, 5) is 20.9. The van der Waals surface area contributed by atoms with E-state index >= 15 is 0 Å². The summed E-state index contributed by atoms with van der Waals surface area (Å²) in [5, 5.41) is 7.06. The van der Waals surface area contributed by atoms with Crippen LogP contribution in [0.1, 0.15) is 43.2 Å². The molecule has 4 rings (SSSR count). The summed E-state index contributed by atoms with van der Waals surface area (Å²) >= 11 is 0. The Hall–Kier alpha value is -2.12. The fourth-order valence-electron chi connectivity index (χ4n) is 4.86. The molecular formula is C24H37N5O2. The maximum atomic E-state index is 11.9. The molecule has 1 atom stereocenters. The normalized spacial score (nSPS) is 23.5. The fourth-order valence-corrected chi connectivity index (χ4v) is 4.86. The Labute approximate surface area is 186 Å². The molecule has 31 heavy (non-hydrogen) atoms. The quantitative estimate of drug-likeness (QED) is 0.514. The van der Waals surface area contributed by atoms with Gasteiger partial charge in [0.15, 0.2) is 5.96 Å². The lowest BCUT2D eigenvalue weighted by Crippen LogP contribution is -2.49. The van der Waals surface area contributed by atoms with Crippen molar-refractivity contribution in [1.82, 2.24) is 20.4 Å². The van der Waals surface area contributed by atoms with Gasteiger partial charge in [-0.05, 0) is 42.7 Å². The Morgan fingerprint density at radius 2 is 2.03 bits per heavy atom. The number of aliphatic imine (C=N–C) groups is 1. The first-order chi connectivity index (χ1) is 15.2. The number of hydrogen-bond donors (Lipinski definition) is 2. The predicted molar refractivity (Wildman–Crippen MR) is 123 cm³/mol. The van der Waals surface area contributed by atoms with Crippen LogP contribution >= 0.6 is 0 Å². The topological polar surface area (TPSA) is 69.2 Å². The Morgan fingerprint density at radius 3 is 2.74 bits per heavy atom. The lowest BCUT2D eigenvalue weighted by atomic mass is 10.0. The lowest BCUT2D eigenvalue weighted by Gasteiger charge is -2.34. The Morgan fingerprint density at radius 1 is 1.19 bits per heavy atom. The van der Waals surface area contributed by atoms with Gasteiger partial charge in [0.2, 0.25) is 5.91 Å². The van der Waals surface area contributed by atoms with Crippen molar-refractivity contribution in [2.45, 2.75) is 51.2 Å². The number of benzene rings is 1. The smallest absolute Gasteiger partial charge is 0.222 e. The SMILES string of the molecule is CN=C(NCc1cccc(CN2CCCC2=O)c1)NC1CCN(CC2CCOC2)CC1. The second kappa shape index (κ2) is 11.0. The van der Waals surface area contributed by atoms with E-state index < -0.39 is 0 Å². The Balaban J connectivity index is 1.20. The molecule has 0 bridgehead atoms. The Kier molecular flexibility index (Phi) is 7.81. The average molecular weight is 428 g/mol. The number of carbonyl (C=O) groups is 1. The molecule has 0 spiro atoms. The van der Waals surface area contributed by atoms with Gasteiger partial charge in [0.25, 0.3) is 0 Å². The molecule has 3 aliphatic rings. The van der Waals surface area contributed by atoms with Crippen molar-refractivity contribution in [2.75, 3.05) is 46.4 Å². The number of ether oxygens (including phenoxy) is 1. The molecule has 7 heteroatoms. The van der Waals surface area contributed by atoms with E-state index in [4.69, 9.17) is 4.74 Å². The zero-order valence-corrected chi connectivity index (χ0v) is 18.8. The van der Waals surface area contributed by atoms with Gasteiger partial charge < -0.3 is 25.2 Å². The number of guanidine groups is 1. The molecule has 1 aromatic carbocycles. The van der Waals surface area contributed by atoms with Gasteiger partial charge in [0, 0.05) is 65.4 Å². The molecule has 1 aromatic rings. The summed E-state index contributed by atoms with van der Waals surface area (Å²) < 4.78 is 5.51. The maximum absolute atomic E-state index is 11.9. The third kappa shape index (κ3) is 6.43. The van der Waals surface area contributed by atoms with E-state index in [0.717, 1.165) is 70.5 Å². The fraction of sp³-hybridized carbons (Fsp3) is 0.667. The van der Waals surface area contributed by atoms with E-state index in [1.165, 1.54) is 24.1 Å². The van der Waals surface area contributed by atoms with Crippen molar-refractivity contribution >= 4 is 11.9 Å². The first kappa shape index (κ1) is 22.1. The van der Waals surface area contributed by atoms with Crippen LogP contribution in [0, 0.1) is 5.92 Å². The van der Waals surface area contributed by atoms with Crippen LogP contribution in [-0.4, -0.2) is 74.1 Å². The molecule has 3 aliphatic heterocycles. The second-order valence-corrected chi connectivity index (χ2v) is 9.11. The highest BCUT2D eigenvalue weighted by molar-refractivity contribution is 5.80. The minimum atomic E-state index is 0.274. The zero-order chi connectivity index (χ0) is 21.5. The summed E-state index contributed by atoms with van der Waals surface area (Å²) in [6, 6.07) is 8.97. The largest absolute Gasteiger partial charge is 0.381 e. The highest BCUT2D eigenvalue weighted by atomic mass is 16.5. The molecule has 0 aromatic heterocycles. The van der Waals surface area contributed by atoms with Crippen molar-refractivity contribution in [3.05, 3.63) is 35.4 Å². The first-order valence-electron chi connectivity index (χ1n) is 11.8. The standard InChI is InChI=1S/C24H37N5O2/c1-25-24(27-22-7-11-28(12-8-22)16-21-9-13-31-18-21)26-15-19-4-2-5-20(14-19)17-29-10-3-6-23(29)30/h2,4-5,14,21-22H,3,6-13,15-18H2,1H3,(H2,25,26,27). The number of nitrogens with one attached hydrogen (secondary N) is 2. The molecular weight excluding hydrogens is 390 g/mol. The van der Waals surface area contributed by atoms with Crippen LogP contribution in [0.2, 0.25) is 0 Å². The summed E-state index contributed by atoms with van der Waals surface area (Å²) in [5.41, 5.74) is 2.40. The Bertz CT molecular complexity index is 754. The summed E-state index contributed by atoms with van der Waals surface area (Å²) in [6.45, 7) is 7.65. The predicted octanol–water partition coefficient (Wildman–Crippen LogP) is 1.97. The van der Waals surface area contributed by atoms with Gasteiger partial charge in [0.1, 0.15) is 0 Å². The molecule has 170 valence electrons. The van der Waals surface area contributed by atoms with Crippen LogP contribution in [-0.2, 0) is 22.6 Å². The van der Waals surface area contributed by atoms with Gasteiger partial charge in [-0.25, -0.2) is 0 Å². The first-order valence-corrected chi connectivity index (χ1v) is 11.8. The molecule has 2 N–H and O–H groups in total. The number of rotatable bonds is 7. The van der Waals surface area contributed by atoms with E-state index in [0.29, 0.717) is 19.0 Å². The van der Waals surface area contributed by atoms with Gasteiger partial charge in [-0.15, -0.1) is 0 Å².